The SMILES string of the molecule is COc1ccc2c(c1)CCOC21CCN(c2ccc(Cl)c(C(=O)O)n2)CC1. The van der Waals surface area contributed by atoms with E-state index in [4.69, 9.17) is 21.1 Å². The summed E-state index contributed by atoms with van der Waals surface area (Å²) in [4.78, 5) is 17.6. The molecule has 2 aliphatic heterocycles. The highest BCUT2D eigenvalue weighted by molar-refractivity contribution is 6.33. The first-order chi connectivity index (χ1) is 13.0. The van der Waals surface area contributed by atoms with Crippen LogP contribution in [0.2, 0.25) is 5.02 Å². The van der Waals surface area contributed by atoms with Crippen LogP contribution in [0.3, 0.4) is 0 Å². The second kappa shape index (κ2) is 7.02. The number of halogens is 1. The average Bonchev–Trinajstić information content (AvgIpc) is 2.69. The van der Waals surface area contributed by atoms with E-state index >= 15 is 0 Å². The van der Waals surface area contributed by atoms with Crippen LogP contribution < -0.4 is 9.64 Å². The van der Waals surface area contributed by atoms with Crippen LogP contribution in [0.15, 0.2) is 30.3 Å². The van der Waals surface area contributed by atoms with Crippen molar-refractivity contribution in [1.82, 2.24) is 4.98 Å². The Morgan fingerprint density at radius 3 is 2.78 bits per heavy atom. The van der Waals surface area contributed by atoms with Crippen LogP contribution in [0, 0.1) is 0 Å². The van der Waals surface area contributed by atoms with E-state index in [0.717, 1.165) is 38.1 Å². The van der Waals surface area contributed by atoms with Crippen molar-refractivity contribution in [2.45, 2.75) is 24.9 Å². The first-order valence-corrected chi connectivity index (χ1v) is 9.36. The fourth-order valence-corrected chi connectivity index (χ4v) is 4.24. The van der Waals surface area contributed by atoms with Crippen molar-refractivity contribution in [3.63, 3.8) is 0 Å². The zero-order valence-corrected chi connectivity index (χ0v) is 15.8. The number of fused-ring (bicyclic) bond motifs is 2. The van der Waals surface area contributed by atoms with E-state index in [1.165, 1.54) is 11.1 Å². The zero-order chi connectivity index (χ0) is 19.0. The summed E-state index contributed by atoms with van der Waals surface area (Å²) in [6.07, 6.45) is 2.52. The monoisotopic (exact) mass is 388 g/mol. The van der Waals surface area contributed by atoms with Crippen LogP contribution >= 0.6 is 11.6 Å². The van der Waals surface area contributed by atoms with Gasteiger partial charge in [-0.2, -0.15) is 0 Å². The number of benzene rings is 1. The van der Waals surface area contributed by atoms with Gasteiger partial charge in [-0.05, 0) is 54.7 Å². The van der Waals surface area contributed by atoms with Crippen LogP contribution in [0.4, 0.5) is 5.82 Å². The van der Waals surface area contributed by atoms with Crippen LogP contribution in [0.1, 0.15) is 34.5 Å². The second-order valence-corrected chi connectivity index (χ2v) is 7.32. The van der Waals surface area contributed by atoms with Gasteiger partial charge in [0.1, 0.15) is 11.6 Å². The second-order valence-electron chi connectivity index (χ2n) is 6.91. The summed E-state index contributed by atoms with van der Waals surface area (Å²) in [7, 11) is 1.68. The summed E-state index contributed by atoms with van der Waals surface area (Å²) in [6.45, 7) is 2.17. The third-order valence-corrected chi connectivity index (χ3v) is 5.79. The Kier molecular flexibility index (Phi) is 4.70. The molecule has 2 aromatic rings. The summed E-state index contributed by atoms with van der Waals surface area (Å²) in [5.41, 5.74) is 2.12. The van der Waals surface area contributed by atoms with Gasteiger partial charge in [0.15, 0.2) is 5.69 Å². The number of carboxylic acid groups (broad SMARTS) is 1. The number of hydrogen-bond acceptors (Lipinski definition) is 5. The van der Waals surface area contributed by atoms with E-state index in [9.17, 15) is 9.90 Å². The molecular weight excluding hydrogens is 368 g/mol. The molecule has 1 N–H and O–H groups in total. The van der Waals surface area contributed by atoms with Crippen LogP contribution in [-0.2, 0) is 16.8 Å². The van der Waals surface area contributed by atoms with E-state index in [2.05, 4.69) is 22.0 Å². The van der Waals surface area contributed by atoms with Crippen molar-refractivity contribution >= 4 is 23.4 Å². The van der Waals surface area contributed by atoms with Crippen molar-refractivity contribution in [3.05, 3.63) is 52.2 Å². The quantitative estimate of drug-likeness (QED) is 0.867. The topological polar surface area (TPSA) is 71.9 Å². The Balaban J connectivity index is 1.56. The summed E-state index contributed by atoms with van der Waals surface area (Å²) < 4.78 is 11.6. The van der Waals surface area contributed by atoms with Gasteiger partial charge in [0, 0.05) is 13.1 Å². The molecule has 1 saturated heterocycles. The molecule has 1 fully saturated rings. The van der Waals surface area contributed by atoms with E-state index < -0.39 is 5.97 Å². The molecular formula is C20H21ClN2O4. The first-order valence-electron chi connectivity index (χ1n) is 8.98. The Hall–Kier alpha value is -2.31. The number of ether oxygens (including phenoxy) is 2. The molecule has 142 valence electrons. The molecule has 1 spiro atoms. The summed E-state index contributed by atoms with van der Waals surface area (Å²) in [5, 5.41) is 9.39. The van der Waals surface area contributed by atoms with Gasteiger partial charge < -0.3 is 19.5 Å². The number of piperidine rings is 1. The van der Waals surface area contributed by atoms with E-state index in [-0.39, 0.29) is 16.3 Å². The molecule has 0 bridgehead atoms. The highest BCUT2D eigenvalue weighted by Gasteiger charge is 2.41. The zero-order valence-electron chi connectivity index (χ0n) is 15.1. The summed E-state index contributed by atoms with van der Waals surface area (Å²) in [5.74, 6) is 0.390. The van der Waals surface area contributed by atoms with Crippen LogP contribution in [0.5, 0.6) is 5.75 Å². The fourth-order valence-electron chi connectivity index (χ4n) is 4.05. The maximum Gasteiger partial charge on any atom is 0.356 e. The lowest BCUT2D eigenvalue weighted by atomic mass is 9.79. The normalized spacial score (nSPS) is 18.2. The number of carbonyl (C=O) groups is 1. The first kappa shape index (κ1) is 18.1. The van der Waals surface area contributed by atoms with Gasteiger partial charge >= 0.3 is 5.97 Å². The highest BCUT2D eigenvalue weighted by atomic mass is 35.5. The lowest BCUT2D eigenvalue weighted by Gasteiger charge is -2.45. The van der Waals surface area contributed by atoms with Crippen molar-refractivity contribution in [3.8, 4) is 5.75 Å². The Labute approximate surface area is 162 Å². The van der Waals surface area contributed by atoms with Crippen LogP contribution in [-0.4, -0.2) is 42.9 Å². The van der Waals surface area contributed by atoms with Crippen molar-refractivity contribution in [1.29, 1.82) is 0 Å². The van der Waals surface area contributed by atoms with Gasteiger partial charge in [-0.1, -0.05) is 17.7 Å². The average molecular weight is 389 g/mol. The van der Waals surface area contributed by atoms with Crippen LogP contribution in [0.25, 0.3) is 0 Å². The number of aromatic nitrogens is 1. The lowest BCUT2D eigenvalue weighted by molar-refractivity contribution is -0.0767. The van der Waals surface area contributed by atoms with E-state index in [1.807, 2.05) is 6.07 Å². The minimum atomic E-state index is -1.12. The third-order valence-electron chi connectivity index (χ3n) is 5.48. The smallest absolute Gasteiger partial charge is 0.356 e. The largest absolute Gasteiger partial charge is 0.497 e. The highest BCUT2D eigenvalue weighted by Crippen LogP contribution is 2.43. The molecule has 0 amide bonds. The predicted molar refractivity (Wildman–Crippen MR) is 102 cm³/mol. The van der Waals surface area contributed by atoms with E-state index in [1.54, 1.807) is 19.2 Å². The molecule has 0 unspecified atom stereocenters. The standard InChI is InChI=1S/C20H21ClN2O4/c1-26-14-2-3-15-13(12-14)6-11-27-20(15)7-9-23(10-8-20)17-5-4-16(21)18(22-17)19(24)25/h2-5,12H,6-11H2,1H3,(H,24,25). The molecule has 0 radical (unpaired) electrons. The number of rotatable bonds is 3. The predicted octanol–water partition coefficient (Wildman–Crippen LogP) is 3.51. The van der Waals surface area contributed by atoms with Crippen molar-refractivity contribution in [2.24, 2.45) is 0 Å². The van der Waals surface area contributed by atoms with Gasteiger partial charge in [0.25, 0.3) is 0 Å². The number of pyridine rings is 1. The molecule has 4 rings (SSSR count). The molecule has 3 heterocycles. The number of nitrogens with zero attached hydrogens (tertiary/aromatic N) is 2. The van der Waals surface area contributed by atoms with Gasteiger partial charge in [-0.25, -0.2) is 9.78 Å². The molecule has 1 aromatic carbocycles. The molecule has 2 aliphatic rings. The molecule has 0 atom stereocenters. The molecule has 1 aromatic heterocycles. The number of aromatic carboxylic acids is 1. The maximum absolute atomic E-state index is 11.3. The number of methoxy groups -OCH3 is 1. The fraction of sp³-hybridized carbons (Fsp3) is 0.400. The molecule has 0 saturated carbocycles. The third kappa shape index (κ3) is 3.24. The van der Waals surface area contributed by atoms with Gasteiger partial charge in [-0.3, -0.25) is 0 Å². The van der Waals surface area contributed by atoms with Gasteiger partial charge in [-0.15, -0.1) is 0 Å². The Morgan fingerprint density at radius 1 is 1.30 bits per heavy atom. The van der Waals surface area contributed by atoms with Crippen molar-refractivity contribution in [2.75, 3.05) is 31.7 Å². The molecule has 0 aliphatic carbocycles. The molecule has 7 heteroatoms. The maximum atomic E-state index is 11.3. The minimum Gasteiger partial charge on any atom is -0.497 e. The van der Waals surface area contributed by atoms with Crippen molar-refractivity contribution < 1.29 is 19.4 Å². The Morgan fingerprint density at radius 2 is 2.07 bits per heavy atom. The summed E-state index contributed by atoms with van der Waals surface area (Å²) in [6, 6.07) is 9.57. The summed E-state index contributed by atoms with van der Waals surface area (Å²) >= 11 is 5.94. The minimum absolute atomic E-state index is 0.110. The number of carboxylic acids is 1. The van der Waals surface area contributed by atoms with Gasteiger partial charge in [0.2, 0.25) is 0 Å². The molecule has 27 heavy (non-hydrogen) atoms. The number of anilines is 1. The molecule has 6 nitrogen and oxygen atoms in total. The number of hydrogen-bond donors (Lipinski definition) is 1. The lowest BCUT2D eigenvalue weighted by Crippen LogP contribution is -2.47. The van der Waals surface area contributed by atoms with Gasteiger partial charge in [0.05, 0.1) is 24.3 Å². The van der Waals surface area contributed by atoms with E-state index in [0.29, 0.717) is 12.4 Å². The Bertz CT molecular complexity index is 878.